The molecular formula is C6H6N6O. The molecule has 66 valence electrons. The molecule has 0 fully saturated rings. The van der Waals surface area contributed by atoms with Gasteiger partial charge >= 0.3 is 0 Å². The molecule has 7 nitrogen and oxygen atoms in total. The Hall–Kier alpha value is -2.18. The zero-order valence-electron chi connectivity index (χ0n) is 6.49. The fourth-order valence-electron chi connectivity index (χ4n) is 0.935. The van der Waals surface area contributed by atoms with E-state index in [9.17, 15) is 5.11 Å². The quantitative estimate of drug-likeness (QED) is 0.562. The molecule has 0 spiro atoms. The molecule has 0 saturated heterocycles. The molecule has 1 aromatic carbocycles. The lowest BCUT2D eigenvalue weighted by atomic mass is 10.2. The predicted molar refractivity (Wildman–Crippen MR) is 43.0 cm³/mol. The summed E-state index contributed by atoms with van der Waals surface area (Å²) in [5.41, 5.74) is 6.29. The van der Waals surface area contributed by atoms with Crippen molar-refractivity contribution in [2.24, 2.45) is 0 Å². The molecule has 1 heterocycles. The molecule has 2 aromatic rings. The number of aromatic nitrogens is 5. The van der Waals surface area contributed by atoms with Crippen LogP contribution in [0.1, 0.15) is 0 Å². The summed E-state index contributed by atoms with van der Waals surface area (Å²) in [4.78, 5) is 1.11. The summed E-state index contributed by atoms with van der Waals surface area (Å²) < 4.78 is 0. The van der Waals surface area contributed by atoms with Gasteiger partial charge in [-0.25, -0.2) is 0 Å². The molecule has 0 amide bonds. The zero-order chi connectivity index (χ0) is 9.26. The first-order valence-corrected chi connectivity index (χ1v) is 3.47. The Morgan fingerprint density at radius 2 is 1.92 bits per heavy atom. The van der Waals surface area contributed by atoms with E-state index in [2.05, 4.69) is 20.9 Å². The number of nitrogen functional groups attached to an aromatic ring is 1. The summed E-state index contributed by atoms with van der Waals surface area (Å²) in [6.07, 6.45) is 0. The first-order valence-electron chi connectivity index (χ1n) is 3.47. The highest BCUT2D eigenvalue weighted by Crippen LogP contribution is 2.21. The van der Waals surface area contributed by atoms with Crippen molar-refractivity contribution in [2.75, 3.05) is 5.73 Å². The summed E-state index contributed by atoms with van der Waals surface area (Å²) in [6.45, 7) is 0. The second-order valence-corrected chi connectivity index (χ2v) is 2.40. The Bertz CT molecular complexity index is 411. The van der Waals surface area contributed by atoms with Crippen LogP contribution in [0.25, 0.3) is 5.69 Å². The van der Waals surface area contributed by atoms with Crippen molar-refractivity contribution < 1.29 is 5.11 Å². The lowest BCUT2D eigenvalue weighted by Gasteiger charge is -2.01. The van der Waals surface area contributed by atoms with E-state index in [1.54, 1.807) is 12.1 Å². The molecule has 0 aliphatic carbocycles. The Morgan fingerprint density at radius 3 is 2.54 bits per heavy atom. The van der Waals surface area contributed by atoms with E-state index in [0.29, 0.717) is 11.4 Å². The van der Waals surface area contributed by atoms with E-state index < -0.39 is 0 Å². The SMILES string of the molecule is Nc1ccc(-n2nnnn2)c(O)c1. The fourth-order valence-corrected chi connectivity index (χ4v) is 0.935. The summed E-state index contributed by atoms with van der Waals surface area (Å²) in [7, 11) is 0. The van der Waals surface area contributed by atoms with Crippen LogP contribution in [0, 0.1) is 0 Å². The lowest BCUT2D eigenvalue weighted by Crippen LogP contribution is -2.00. The molecule has 0 aliphatic heterocycles. The van der Waals surface area contributed by atoms with Crippen LogP contribution in [0.3, 0.4) is 0 Å². The lowest BCUT2D eigenvalue weighted by molar-refractivity contribution is 0.466. The second-order valence-electron chi connectivity index (χ2n) is 2.40. The van der Waals surface area contributed by atoms with Crippen LogP contribution in [0.2, 0.25) is 0 Å². The molecule has 0 aliphatic rings. The van der Waals surface area contributed by atoms with E-state index in [1.165, 1.54) is 6.07 Å². The van der Waals surface area contributed by atoms with Crippen LogP contribution in [0.15, 0.2) is 18.2 Å². The number of hydrogen-bond acceptors (Lipinski definition) is 6. The predicted octanol–water partition coefficient (Wildman–Crippen LogP) is -0.655. The number of hydrogen-bond donors (Lipinski definition) is 2. The van der Waals surface area contributed by atoms with Crippen molar-refractivity contribution in [1.29, 1.82) is 0 Å². The molecule has 0 saturated carbocycles. The third-order valence-electron chi connectivity index (χ3n) is 1.50. The number of aromatic hydroxyl groups is 1. The van der Waals surface area contributed by atoms with Crippen molar-refractivity contribution in [1.82, 2.24) is 25.7 Å². The van der Waals surface area contributed by atoms with Crippen molar-refractivity contribution >= 4 is 5.69 Å². The van der Waals surface area contributed by atoms with Gasteiger partial charge in [-0.2, -0.15) is 0 Å². The largest absolute Gasteiger partial charge is 0.506 e. The van der Waals surface area contributed by atoms with Crippen LogP contribution in [0.4, 0.5) is 5.69 Å². The Morgan fingerprint density at radius 1 is 1.23 bits per heavy atom. The van der Waals surface area contributed by atoms with Crippen LogP contribution in [-0.2, 0) is 0 Å². The summed E-state index contributed by atoms with van der Waals surface area (Å²) in [6, 6.07) is 4.60. The summed E-state index contributed by atoms with van der Waals surface area (Å²) in [5.74, 6) is -0.0141. The van der Waals surface area contributed by atoms with Gasteiger partial charge < -0.3 is 10.8 Å². The maximum absolute atomic E-state index is 9.43. The topological polar surface area (TPSA) is 103 Å². The smallest absolute Gasteiger partial charge is 0.145 e. The number of phenolic OH excluding ortho intramolecular Hbond substituents is 1. The van der Waals surface area contributed by atoms with E-state index >= 15 is 0 Å². The third-order valence-corrected chi connectivity index (χ3v) is 1.50. The normalized spacial score (nSPS) is 10.2. The van der Waals surface area contributed by atoms with Gasteiger partial charge in [0.05, 0.1) is 0 Å². The van der Waals surface area contributed by atoms with Gasteiger partial charge in [-0.3, -0.25) is 0 Å². The molecule has 1 aromatic heterocycles. The highest BCUT2D eigenvalue weighted by Gasteiger charge is 2.05. The third kappa shape index (κ3) is 1.26. The van der Waals surface area contributed by atoms with Gasteiger partial charge in [0.25, 0.3) is 0 Å². The minimum atomic E-state index is -0.0141. The van der Waals surface area contributed by atoms with Crippen LogP contribution in [0.5, 0.6) is 5.75 Å². The highest BCUT2D eigenvalue weighted by molar-refractivity contribution is 5.53. The van der Waals surface area contributed by atoms with E-state index in [4.69, 9.17) is 5.73 Å². The van der Waals surface area contributed by atoms with Gasteiger partial charge in [0, 0.05) is 11.8 Å². The molecule has 7 heteroatoms. The average Bonchev–Trinajstić information content (AvgIpc) is 2.56. The standard InChI is InChI=1S/C6H6N6O/c7-4-1-2-5(6(13)3-4)12-10-8-9-11-12/h1-3,13H,7H2. The second kappa shape index (κ2) is 2.70. The molecule has 13 heavy (non-hydrogen) atoms. The molecule has 0 radical (unpaired) electrons. The monoisotopic (exact) mass is 178 g/mol. The van der Waals surface area contributed by atoms with E-state index in [0.717, 1.165) is 4.80 Å². The van der Waals surface area contributed by atoms with Crippen molar-refractivity contribution in [2.45, 2.75) is 0 Å². The van der Waals surface area contributed by atoms with E-state index in [1.807, 2.05) is 0 Å². The van der Waals surface area contributed by atoms with Crippen LogP contribution >= 0.6 is 0 Å². The van der Waals surface area contributed by atoms with Crippen molar-refractivity contribution in [3.05, 3.63) is 18.2 Å². The summed E-state index contributed by atoms with van der Waals surface area (Å²) >= 11 is 0. The molecule has 2 rings (SSSR count). The molecule has 3 N–H and O–H groups in total. The van der Waals surface area contributed by atoms with Gasteiger partial charge in [-0.1, -0.05) is 0 Å². The minimum Gasteiger partial charge on any atom is -0.506 e. The first-order chi connectivity index (χ1) is 6.27. The maximum Gasteiger partial charge on any atom is 0.145 e. The highest BCUT2D eigenvalue weighted by atomic mass is 16.3. The van der Waals surface area contributed by atoms with Crippen molar-refractivity contribution in [3.8, 4) is 11.4 Å². The van der Waals surface area contributed by atoms with Crippen LogP contribution in [-0.4, -0.2) is 30.8 Å². The number of phenols is 1. The van der Waals surface area contributed by atoms with Gasteiger partial charge in [-0.05, 0) is 33.0 Å². The number of benzene rings is 1. The van der Waals surface area contributed by atoms with Crippen molar-refractivity contribution in [3.63, 3.8) is 0 Å². The van der Waals surface area contributed by atoms with E-state index in [-0.39, 0.29) is 5.75 Å². The molecule has 0 unspecified atom stereocenters. The zero-order valence-corrected chi connectivity index (χ0v) is 6.49. The Kier molecular flexibility index (Phi) is 1.55. The summed E-state index contributed by atoms with van der Waals surface area (Å²) in [5, 5.41) is 23.0. The number of anilines is 1. The number of nitrogens with zero attached hydrogens (tertiary/aromatic N) is 5. The van der Waals surface area contributed by atoms with Gasteiger partial charge in [0.1, 0.15) is 11.4 Å². The number of nitrogens with two attached hydrogens (primary N) is 1. The Balaban J connectivity index is 2.53. The fraction of sp³-hybridized carbons (Fsp3) is 0. The van der Waals surface area contributed by atoms with Gasteiger partial charge in [0.2, 0.25) is 0 Å². The number of rotatable bonds is 1. The molecule has 0 atom stereocenters. The average molecular weight is 178 g/mol. The molecule has 0 bridgehead atoms. The van der Waals surface area contributed by atoms with Gasteiger partial charge in [-0.15, -0.1) is 4.80 Å². The van der Waals surface area contributed by atoms with Crippen LogP contribution < -0.4 is 5.73 Å². The Labute approximate surface area is 72.8 Å². The molecular weight excluding hydrogens is 172 g/mol. The first kappa shape index (κ1) is 7.47. The van der Waals surface area contributed by atoms with Gasteiger partial charge in [0.15, 0.2) is 0 Å². The maximum atomic E-state index is 9.43. The minimum absolute atomic E-state index is 0.0141.